The third kappa shape index (κ3) is 5.30. The summed E-state index contributed by atoms with van der Waals surface area (Å²) in [7, 11) is 3.71. The SMILES string of the molecule is CN=C(NCc1ccc(N2CCOCC2)c(F)c1)NC(C)Cc1c(C)nn(C)c1C. The summed E-state index contributed by atoms with van der Waals surface area (Å²) in [5, 5.41) is 11.2. The van der Waals surface area contributed by atoms with Crippen LogP contribution in [0, 0.1) is 19.7 Å². The first-order chi connectivity index (χ1) is 14.4. The molecule has 0 amide bonds. The van der Waals surface area contributed by atoms with Gasteiger partial charge in [-0.25, -0.2) is 4.39 Å². The lowest BCUT2D eigenvalue weighted by molar-refractivity contribution is 0.122. The number of aliphatic imine (C=N–C) groups is 1. The Morgan fingerprint density at radius 2 is 2.03 bits per heavy atom. The van der Waals surface area contributed by atoms with Crippen LogP contribution in [-0.4, -0.2) is 55.1 Å². The molecule has 0 aliphatic carbocycles. The normalized spacial score (nSPS) is 15.9. The number of benzene rings is 1. The second-order valence-corrected chi connectivity index (χ2v) is 7.83. The summed E-state index contributed by atoms with van der Waals surface area (Å²) < 4.78 is 21.9. The average molecular weight is 417 g/mol. The number of halogens is 1. The number of morpholine rings is 1. The Balaban J connectivity index is 1.55. The molecular weight excluding hydrogens is 383 g/mol. The topological polar surface area (TPSA) is 66.7 Å². The van der Waals surface area contributed by atoms with E-state index in [4.69, 9.17) is 4.74 Å². The summed E-state index contributed by atoms with van der Waals surface area (Å²) in [5.74, 6) is 0.495. The molecule has 1 fully saturated rings. The van der Waals surface area contributed by atoms with Gasteiger partial charge in [0.15, 0.2) is 5.96 Å². The molecule has 1 aliphatic heterocycles. The summed E-state index contributed by atoms with van der Waals surface area (Å²) in [6, 6.07) is 5.58. The third-order valence-electron chi connectivity index (χ3n) is 5.60. The first kappa shape index (κ1) is 22.1. The van der Waals surface area contributed by atoms with Crippen LogP contribution in [-0.2, 0) is 24.8 Å². The highest BCUT2D eigenvalue weighted by Gasteiger charge is 2.16. The molecule has 30 heavy (non-hydrogen) atoms. The Morgan fingerprint density at radius 3 is 2.63 bits per heavy atom. The van der Waals surface area contributed by atoms with Crippen molar-refractivity contribution in [3.63, 3.8) is 0 Å². The van der Waals surface area contributed by atoms with Crippen LogP contribution in [0.2, 0.25) is 0 Å². The van der Waals surface area contributed by atoms with Crippen molar-refractivity contribution in [3.05, 3.63) is 46.5 Å². The third-order valence-corrected chi connectivity index (χ3v) is 5.60. The summed E-state index contributed by atoms with van der Waals surface area (Å²) in [6.45, 7) is 9.47. The molecule has 164 valence electrons. The van der Waals surface area contributed by atoms with Crippen molar-refractivity contribution in [2.75, 3.05) is 38.3 Å². The predicted octanol–water partition coefficient (Wildman–Crippen LogP) is 2.31. The van der Waals surface area contributed by atoms with Crippen LogP contribution in [0.1, 0.15) is 29.4 Å². The van der Waals surface area contributed by atoms with Crippen molar-refractivity contribution in [1.82, 2.24) is 20.4 Å². The molecule has 1 aliphatic rings. The minimum absolute atomic E-state index is 0.179. The molecule has 2 heterocycles. The summed E-state index contributed by atoms with van der Waals surface area (Å²) >= 11 is 0. The number of hydrogen-bond acceptors (Lipinski definition) is 4. The molecule has 7 nitrogen and oxygen atoms in total. The number of rotatable bonds is 6. The standard InChI is InChI=1S/C22H33FN6O/c1-15(12-19-16(2)27-28(5)17(19)3)26-22(24-4)25-14-18-6-7-21(20(23)13-18)29-8-10-30-11-9-29/h6-7,13,15H,8-12,14H2,1-5H3,(H2,24,25,26). The van der Waals surface area contributed by atoms with Gasteiger partial charge in [-0.1, -0.05) is 6.07 Å². The second kappa shape index (κ2) is 9.93. The monoisotopic (exact) mass is 416 g/mol. The van der Waals surface area contributed by atoms with E-state index >= 15 is 0 Å². The fourth-order valence-electron chi connectivity index (χ4n) is 3.80. The van der Waals surface area contributed by atoms with Gasteiger partial charge in [0, 0.05) is 45.5 Å². The minimum atomic E-state index is -0.199. The Labute approximate surface area is 178 Å². The van der Waals surface area contributed by atoms with E-state index in [0.29, 0.717) is 31.4 Å². The number of guanidine groups is 1. The predicted molar refractivity (Wildman–Crippen MR) is 119 cm³/mol. The van der Waals surface area contributed by atoms with E-state index in [1.807, 2.05) is 35.7 Å². The highest BCUT2D eigenvalue weighted by molar-refractivity contribution is 5.80. The van der Waals surface area contributed by atoms with E-state index in [-0.39, 0.29) is 11.9 Å². The van der Waals surface area contributed by atoms with Crippen molar-refractivity contribution < 1.29 is 9.13 Å². The molecule has 0 saturated carbocycles. The van der Waals surface area contributed by atoms with Crippen molar-refractivity contribution in [1.29, 1.82) is 0 Å². The van der Waals surface area contributed by atoms with E-state index in [1.165, 1.54) is 11.3 Å². The fraction of sp³-hybridized carbons (Fsp3) is 0.545. The Hall–Kier alpha value is -2.61. The lowest BCUT2D eigenvalue weighted by atomic mass is 10.1. The minimum Gasteiger partial charge on any atom is -0.378 e. The molecule has 1 atom stereocenters. The lowest BCUT2D eigenvalue weighted by Gasteiger charge is -2.29. The number of aryl methyl sites for hydroxylation is 2. The van der Waals surface area contributed by atoms with E-state index in [2.05, 4.69) is 34.6 Å². The summed E-state index contributed by atoms with van der Waals surface area (Å²) in [5.41, 5.74) is 5.01. The summed E-state index contributed by atoms with van der Waals surface area (Å²) in [4.78, 5) is 6.33. The average Bonchev–Trinajstić information content (AvgIpc) is 2.97. The molecule has 2 aromatic rings. The van der Waals surface area contributed by atoms with Crippen LogP contribution in [0.25, 0.3) is 0 Å². The van der Waals surface area contributed by atoms with E-state index in [0.717, 1.165) is 30.8 Å². The van der Waals surface area contributed by atoms with Gasteiger partial charge < -0.3 is 20.3 Å². The molecule has 1 aromatic heterocycles. The molecule has 0 radical (unpaired) electrons. The first-order valence-corrected chi connectivity index (χ1v) is 10.5. The number of nitrogens with one attached hydrogen (secondary N) is 2. The molecule has 0 spiro atoms. The van der Waals surface area contributed by atoms with Crippen LogP contribution in [0.4, 0.5) is 10.1 Å². The fourth-order valence-corrected chi connectivity index (χ4v) is 3.80. The molecular formula is C22H33FN6O. The summed E-state index contributed by atoms with van der Waals surface area (Å²) in [6.07, 6.45) is 0.856. The highest BCUT2D eigenvalue weighted by Crippen LogP contribution is 2.21. The Kier molecular flexibility index (Phi) is 7.31. The number of hydrogen-bond donors (Lipinski definition) is 2. The van der Waals surface area contributed by atoms with Crippen molar-refractivity contribution in [2.45, 2.75) is 39.8 Å². The maximum atomic E-state index is 14.6. The smallest absolute Gasteiger partial charge is 0.191 e. The zero-order valence-corrected chi connectivity index (χ0v) is 18.6. The molecule has 2 N–H and O–H groups in total. The largest absolute Gasteiger partial charge is 0.378 e. The van der Waals surface area contributed by atoms with Crippen molar-refractivity contribution in [2.24, 2.45) is 12.0 Å². The molecule has 3 rings (SSSR count). The van der Waals surface area contributed by atoms with Crippen LogP contribution in [0.15, 0.2) is 23.2 Å². The lowest BCUT2D eigenvalue weighted by Crippen LogP contribution is -2.42. The van der Waals surface area contributed by atoms with Crippen molar-refractivity contribution in [3.8, 4) is 0 Å². The van der Waals surface area contributed by atoms with Crippen LogP contribution < -0.4 is 15.5 Å². The molecule has 1 unspecified atom stereocenters. The van der Waals surface area contributed by atoms with Crippen molar-refractivity contribution >= 4 is 11.6 Å². The van der Waals surface area contributed by atoms with Crippen LogP contribution in [0.3, 0.4) is 0 Å². The Bertz CT molecular complexity index is 888. The van der Waals surface area contributed by atoms with Gasteiger partial charge in [-0.15, -0.1) is 0 Å². The first-order valence-electron chi connectivity index (χ1n) is 10.5. The van der Waals surface area contributed by atoms with Gasteiger partial charge in [0.2, 0.25) is 0 Å². The maximum absolute atomic E-state index is 14.6. The van der Waals surface area contributed by atoms with E-state index in [1.54, 1.807) is 13.1 Å². The molecule has 1 saturated heterocycles. The second-order valence-electron chi connectivity index (χ2n) is 7.83. The number of nitrogens with zero attached hydrogens (tertiary/aromatic N) is 4. The van der Waals surface area contributed by atoms with Crippen LogP contribution in [0.5, 0.6) is 0 Å². The number of aromatic nitrogens is 2. The van der Waals surface area contributed by atoms with Gasteiger partial charge in [-0.05, 0) is 50.5 Å². The van der Waals surface area contributed by atoms with Gasteiger partial charge in [0.05, 0.1) is 24.6 Å². The quantitative estimate of drug-likeness (QED) is 0.559. The van der Waals surface area contributed by atoms with E-state index in [9.17, 15) is 4.39 Å². The zero-order valence-electron chi connectivity index (χ0n) is 18.6. The van der Waals surface area contributed by atoms with Gasteiger partial charge >= 0.3 is 0 Å². The number of ether oxygens (including phenoxy) is 1. The molecule has 8 heteroatoms. The molecule has 0 bridgehead atoms. The maximum Gasteiger partial charge on any atom is 0.191 e. The van der Waals surface area contributed by atoms with E-state index < -0.39 is 0 Å². The van der Waals surface area contributed by atoms with Gasteiger partial charge in [0.1, 0.15) is 5.82 Å². The highest BCUT2D eigenvalue weighted by atomic mass is 19.1. The van der Waals surface area contributed by atoms with Crippen LogP contribution >= 0.6 is 0 Å². The van der Waals surface area contributed by atoms with Gasteiger partial charge in [0.25, 0.3) is 0 Å². The Morgan fingerprint density at radius 1 is 1.30 bits per heavy atom. The molecule has 1 aromatic carbocycles. The number of anilines is 1. The zero-order chi connectivity index (χ0) is 21.7. The van der Waals surface area contributed by atoms with Gasteiger partial charge in [-0.2, -0.15) is 5.10 Å². The van der Waals surface area contributed by atoms with Gasteiger partial charge in [-0.3, -0.25) is 9.67 Å².